The van der Waals surface area contributed by atoms with Crippen LogP contribution < -0.4 is 10.8 Å². The second kappa shape index (κ2) is 7.02. The Balaban J connectivity index is 2.16. The summed E-state index contributed by atoms with van der Waals surface area (Å²) in [7, 11) is -1.65. The average Bonchev–Trinajstić information content (AvgIpc) is 2.52. The molecular formula is C15H12BF4NO3. The van der Waals surface area contributed by atoms with Gasteiger partial charge >= 0.3 is 13.3 Å². The number of nitrogens with one attached hydrogen (secondary N) is 1. The third-order valence-electron chi connectivity index (χ3n) is 3.28. The van der Waals surface area contributed by atoms with Crippen LogP contribution in [-0.4, -0.2) is 23.1 Å². The van der Waals surface area contributed by atoms with Gasteiger partial charge in [0, 0.05) is 6.54 Å². The number of carbonyl (C=O) groups is 1. The van der Waals surface area contributed by atoms with Crippen LogP contribution in [0.1, 0.15) is 21.5 Å². The molecule has 0 bridgehead atoms. The van der Waals surface area contributed by atoms with Gasteiger partial charge in [0.1, 0.15) is 5.82 Å². The minimum absolute atomic E-state index is 0.147. The molecule has 0 aliphatic carbocycles. The first-order valence-corrected chi connectivity index (χ1v) is 6.79. The molecule has 9 heteroatoms. The quantitative estimate of drug-likeness (QED) is 0.583. The minimum atomic E-state index is -4.85. The normalized spacial score (nSPS) is 11.2. The lowest BCUT2D eigenvalue weighted by molar-refractivity contribution is -0.138. The first-order chi connectivity index (χ1) is 11.2. The van der Waals surface area contributed by atoms with E-state index in [0.717, 1.165) is 12.1 Å². The molecule has 0 unspecified atom stereocenters. The Kier molecular flexibility index (Phi) is 5.25. The molecule has 4 nitrogen and oxygen atoms in total. The molecule has 0 aliphatic rings. The molecule has 2 aromatic carbocycles. The summed E-state index contributed by atoms with van der Waals surface area (Å²) in [6, 6.07) is 7.99. The summed E-state index contributed by atoms with van der Waals surface area (Å²) in [6.07, 6.45) is -4.85. The number of rotatable bonds is 4. The van der Waals surface area contributed by atoms with Gasteiger partial charge < -0.3 is 15.4 Å². The Morgan fingerprint density at radius 2 is 1.71 bits per heavy atom. The molecule has 0 heterocycles. The summed E-state index contributed by atoms with van der Waals surface area (Å²) in [4.78, 5) is 12.0. The van der Waals surface area contributed by atoms with E-state index in [1.165, 1.54) is 24.3 Å². The van der Waals surface area contributed by atoms with Crippen molar-refractivity contribution < 1.29 is 32.4 Å². The Bertz CT molecular complexity index is 732. The predicted molar refractivity (Wildman–Crippen MR) is 78.8 cm³/mol. The van der Waals surface area contributed by atoms with Crippen LogP contribution in [0, 0.1) is 5.82 Å². The molecule has 0 aromatic heterocycles. The van der Waals surface area contributed by atoms with E-state index in [1.807, 2.05) is 0 Å². The van der Waals surface area contributed by atoms with Gasteiger partial charge in [0.2, 0.25) is 0 Å². The maximum absolute atomic E-state index is 13.7. The van der Waals surface area contributed by atoms with E-state index in [2.05, 4.69) is 5.32 Å². The van der Waals surface area contributed by atoms with Crippen molar-refractivity contribution in [3.05, 3.63) is 65.0 Å². The van der Waals surface area contributed by atoms with Crippen molar-refractivity contribution >= 4 is 18.5 Å². The molecular weight excluding hydrogens is 329 g/mol. The number of hydrogen-bond acceptors (Lipinski definition) is 3. The molecule has 0 atom stereocenters. The zero-order valence-electron chi connectivity index (χ0n) is 12.1. The van der Waals surface area contributed by atoms with Gasteiger partial charge in [-0.2, -0.15) is 13.2 Å². The topological polar surface area (TPSA) is 69.6 Å². The summed E-state index contributed by atoms with van der Waals surface area (Å²) in [5.41, 5.74) is -1.69. The van der Waals surface area contributed by atoms with Crippen LogP contribution in [0.2, 0.25) is 0 Å². The molecule has 0 saturated heterocycles. The molecule has 126 valence electrons. The Labute approximate surface area is 134 Å². The maximum Gasteiger partial charge on any atom is 0.488 e. The molecule has 3 N–H and O–H groups in total. The molecule has 0 fully saturated rings. The van der Waals surface area contributed by atoms with Crippen molar-refractivity contribution in [2.24, 2.45) is 0 Å². The fourth-order valence-electron chi connectivity index (χ4n) is 2.07. The van der Waals surface area contributed by atoms with E-state index in [4.69, 9.17) is 10.0 Å². The van der Waals surface area contributed by atoms with Gasteiger partial charge in [-0.15, -0.1) is 0 Å². The molecule has 2 rings (SSSR count). The van der Waals surface area contributed by atoms with Crippen LogP contribution in [0.15, 0.2) is 42.5 Å². The van der Waals surface area contributed by atoms with Crippen LogP contribution in [0.25, 0.3) is 0 Å². The van der Waals surface area contributed by atoms with Crippen molar-refractivity contribution in [3.8, 4) is 0 Å². The van der Waals surface area contributed by atoms with Crippen molar-refractivity contribution in [2.75, 3.05) is 0 Å². The van der Waals surface area contributed by atoms with Gasteiger partial charge in [-0.05, 0) is 23.2 Å². The fourth-order valence-corrected chi connectivity index (χ4v) is 2.07. The Morgan fingerprint density at radius 3 is 2.25 bits per heavy atom. The number of alkyl halides is 3. The van der Waals surface area contributed by atoms with Crippen molar-refractivity contribution in [1.82, 2.24) is 5.32 Å². The van der Waals surface area contributed by atoms with Gasteiger partial charge in [-0.1, -0.05) is 30.3 Å². The van der Waals surface area contributed by atoms with E-state index >= 15 is 0 Å². The summed E-state index contributed by atoms with van der Waals surface area (Å²) in [6.45, 7) is -0.147. The summed E-state index contributed by atoms with van der Waals surface area (Å²) in [5.74, 6) is -2.45. The Hall–Kier alpha value is -2.39. The lowest BCUT2D eigenvalue weighted by atomic mass is 9.80. The lowest BCUT2D eigenvalue weighted by Crippen LogP contribution is -2.30. The first-order valence-electron chi connectivity index (χ1n) is 6.79. The third kappa shape index (κ3) is 4.12. The second-order valence-electron chi connectivity index (χ2n) is 4.96. The number of amides is 1. The highest BCUT2D eigenvalue weighted by Crippen LogP contribution is 2.32. The molecule has 0 radical (unpaired) electrons. The van der Waals surface area contributed by atoms with E-state index in [1.54, 1.807) is 0 Å². The van der Waals surface area contributed by atoms with Crippen LogP contribution >= 0.6 is 0 Å². The van der Waals surface area contributed by atoms with Gasteiger partial charge in [0.25, 0.3) is 5.91 Å². The fraction of sp³-hybridized carbons (Fsp3) is 0.133. The Morgan fingerprint density at radius 1 is 1.08 bits per heavy atom. The van der Waals surface area contributed by atoms with Crippen molar-refractivity contribution in [3.63, 3.8) is 0 Å². The highest BCUT2D eigenvalue weighted by Gasteiger charge is 2.36. The van der Waals surface area contributed by atoms with Gasteiger partial charge in [-0.3, -0.25) is 4.79 Å². The first kappa shape index (κ1) is 18.0. The van der Waals surface area contributed by atoms with E-state index < -0.39 is 36.1 Å². The number of halogens is 4. The summed E-state index contributed by atoms with van der Waals surface area (Å²) in [5, 5.41) is 20.1. The molecule has 0 spiro atoms. The van der Waals surface area contributed by atoms with Gasteiger partial charge in [0.05, 0.1) is 11.1 Å². The highest BCUT2D eigenvalue weighted by atomic mass is 19.4. The van der Waals surface area contributed by atoms with Crippen LogP contribution in [-0.2, 0) is 12.7 Å². The predicted octanol–water partition coefficient (Wildman–Crippen LogP) is 1.45. The smallest absolute Gasteiger partial charge is 0.423 e. The molecule has 2 aromatic rings. The second-order valence-corrected chi connectivity index (χ2v) is 4.96. The SMILES string of the molecule is O=C(NCc1ccc(B(O)O)cc1)c1c(F)cccc1C(F)(F)F. The van der Waals surface area contributed by atoms with E-state index in [0.29, 0.717) is 11.6 Å². The maximum atomic E-state index is 13.7. The molecule has 0 saturated carbocycles. The third-order valence-corrected chi connectivity index (χ3v) is 3.28. The average molecular weight is 341 g/mol. The van der Waals surface area contributed by atoms with Crippen LogP contribution in [0.3, 0.4) is 0 Å². The van der Waals surface area contributed by atoms with Gasteiger partial charge in [0.15, 0.2) is 0 Å². The zero-order valence-corrected chi connectivity index (χ0v) is 12.1. The monoisotopic (exact) mass is 341 g/mol. The zero-order chi connectivity index (χ0) is 17.9. The molecule has 0 aliphatic heterocycles. The lowest BCUT2D eigenvalue weighted by Gasteiger charge is -2.13. The molecule has 1 amide bonds. The van der Waals surface area contributed by atoms with Crippen LogP contribution in [0.4, 0.5) is 17.6 Å². The summed E-state index contributed by atoms with van der Waals surface area (Å²) >= 11 is 0. The standard InChI is InChI=1S/C15H12BF4NO3/c17-12-3-1-2-11(15(18,19)20)13(12)14(22)21-8-9-4-6-10(7-5-9)16(23)24/h1-7,23-24H,8H2,(H,21,22). The molecule has 24 heavy (non-hydrogen) atoms. The largest absolute Gasteiger partial charge is 0.488 e. The number of hydrogen-bond donors (Lipinski definition) is 3. The van der Waals surface area contributed by atoms with Gasteiger partial charge in [-0.25, -0.2) is 4.39 Å². The van der Waals surface area contributed by atoms with Crippen molar-refractivity contribution in [2.45, 2.75) is 12.7 Å². The van der Waals surface area contributed by atoms with E-state index in [9.17, 15) is 22.4 Å². The highest BCUT2D eigenvalue weighted by molar-refractivity contribution is 6.58. The van der Waals surface area contributed by atoms with Crippen LogP contribution in [0.5, 0.6) is 0 Å². The van der Waals surface area contributed by atoms with Crippen molar-refractivity contribution in [1.29, 1.82) is 0 Å². The minimum Gasteiger partial charge on any atom is -0.423 e. The van der Waals surface area contributed by atoms with E-state index in [-0.39, 0.29) is 12.0 Å². The summed E-state index contributed by atoms with van der Waals surface area (Å²) < 4.78 is 52.3. The number of carbonyl (C=O) groups excluding carboxylic acids is 1. The number of benzene rings is 2.